The van der Waals surface area contributed by atoms with E-state index < -0.39 is 35.5 Å². The summed E-state index contributed by atoms with van der Waals surface area (Å²) >= 11 is 8.63. The maximum absolute atomic E-state index is 13.6. The highest BCUT2D eigenvalue weighted by Crippen LogP contribution is 2.34. The summed E-state index contributed by atoms with van der Waals surface area (Å²) in [5.74, 6) is -1.70. The van der Waals surface area contributed by atoms with Crippen molar-refractivity contribution in [3.8, 4) is 0 Å². The number of carbonyl (C=O) groups excluding carboxylic acids is 4. The molecule has 0 unspecified atom stereocenters. The topological polar surface area (TPSA) is 313 Å². The zero-order valence-corrected chi connectivity index (χ0v) is 48.5. The Morgan fingerprint density at radius 2 is 1.20 bits per heavy atom. The first-order chi connectivity index (χ1) is 39.1. The number of aliphatic carboxylic acids is 2. The molecule has 1 saturated carbocycles. The minimum Gasteiger partial charge on any atom is -0.480 e. The van der Waals surface area contributed by atoms with Crippen molar-refractivity contribution >= 4 is 173 Å². The number of carboxylic acids is 2. The number of hydrogen-bond acceptors (Lipinski definition) is 21. The van der Waals surface area contributed by atoms with Crippen LogP contribution in [-0.2, 0) is 24.0 Å². The first-order valence-corrected chi connectivity index (χ1v) is 31.3. The predicted octanol–water partition coefficient (Wildman–Crippen LogP) is 7.30. The number of hydrogen-bond donors (Lipinski definition) is 7. The molecule has 5 aliphatic rings. The molecule has 4 amide bonds. The molecular weight excluding hydrogens is 1150 g/mol. The summed E-state index contributed by atoms with van der Waals surface area (Å²) in [5.41, 5.74) is 16.4. The monoisotopic (exact) mass is 1210 g/mol. The van der Waals surface area contributed by atoms with Gasteiger partial charge in [0.05, 0.1) is 42.9 Å². The Bertz CT molecular complexity index is 3660. The Morgan fingerprint density at radius 1 is 0.667 bits per heavy atom. The number of carboxylic acid groups (broad SMARTS) is 2. The van der Waals surface area contributed by atoms with Gasteiger partial charge in [-0.2, -0.15) is 0 Å². The van der Waals surface area contributed by atoms with Gasteiger partial charge in [-0.3, -0.25) is 29.2 Å². The highest BCUT2D eigenvalue weighted by molar-refractivity contribution is 8.16. The number of nitrogens with two attached hydrogens (primary N) is 2. The molecule has 81 heavy (non-hydrogen) atoms. The van der Waals surface area contributed by atoms with Crippen LogP contribution in [0.4, 0.5) is 22.7 Å². The van der Waals surface area contributed by atoms with Crippen LogP contribution in [-0.4, -0.2) is 155 Å². The van der Waals surface area contributed by atoms with E-state index in [0.717, 1.165) is 109 Å². The molecule has 0 radical (unpaired) electrons. The van der Waals surface area contributed by atoms with Gasteiger partial charge in [0.15, 0.2) is 12.1 Å². The maximum Gasteiger partial charge on any atom is 0.329 e. The molecule has 420 valence electrons. The normalized spacial score (nSPS) is 18.8. The average molecular weight is 1210 g/mol. The summed E-state index contributed by atoms with van der Waals surface area (Å²) in [6.45, 7) is 6.91. The third-order valence-corrected chi connectivity index (χ3v) is 20.2. The van der Waals surface area contributed by atoms with Crippen molar-refractivity contribution in [2.75, 3.05) is 78.2 Å². The smallest absolute Gasteiger partial charge is 0.329 e. The summed E-state index contributed by atoms with van der Waals surface area (Å²) in [4.78, 5) is 104. The van der Waals surface area contributed by atoms with E-state index in [1.54, 1.807) is 24.3 Å². The lowest BCUT2D eigenvalue weighted by molar-refractivity contribution is -0.138. The summed E-state index contributed by atoms with van der Waals surface area (Å²) in [6, 6.07) is 22.6. The lowest BCUT2D eigenvalue weighted by atomic mass is 9.80. The number of aliphatic imine (C=N–C) groups is 3. The predicted molar refractivity (Wildman–Crippen MR) is 328 cm³/mol. The number of amides is 4. The van der Waals surface area contributed by atoms with Gasteiger partial charge in [-0.1, -0.05) is 37.9 Å². The molecule has 21 nitrogen and oxygen atoms in total. The summed E-state index contributed by atoms with van der Waals surface area (Å²) in [7, 11) is 0. The van der Waals surface area contributed by atoms with Crippen LogP contribution in [0, 0.1) is 0 Å². The van der Waals surface area contributed by atoms with Gasteiger partial charge in [0, 0.05) is 66.0 Å². The van der Waals surface area contributed by atoms with Gasteiger partial charge < -0.3 is 47.4 Å². The Balaban J connectivity index is 0.000000174. The number of rotatable bonds is 13. The number of piperazine rings is 1. The summed E-state index contributed by atoms with van der Waals surface area (Å²) in [6.07, 6.45) is 3.61. The van der Waals surface area contributed by atoms with E-state index in [-0.39, 0.29) is 24.3 Å². The summed E-state index contributed by atoms with van der Waals surface area (Å²) < 4.78 is 2.84. The third kappa shape index (κ3) is 13.8. The number of benzene rings is 4. The Morgan fingerprint density at radius 3 is 1.70 bits per heavy atom. The van der Waals surface area contributed by atoms with Crippen LogP contribution in [0.1, 0.15) is 64.4 Å². The van der Waals surface area contributed by atoms with E-state index in [0.29, 0.717) is 62.1 Å². The lowest BCUT2D eigenvalue weighted by Crippen LogP contribution is -2.60. The van der Waals surface area contributed by atoms with E-state index in [4.69, 9.17) is 16.6 Å². The molecule has 4 aliphatic heterocycles. The second-order valence-electron chi connectivity index (χ2n) is 19.3. The van der Waals surface area contributed by atoms with Gasteiger partial charge in [-0.25, -0.2) is 29.5 Å². The molecule has 0 bridgehead atoms. The minimum absolute atomic E-state index is 0.0845. The standard InChI is InChI=1S/C33H39N7O5S2.C11H9N3O2S2.C10H7N3OS2/c1-2-39-14-16-40(17-15-39)23-9-6-21(7-10-23)28(42)38-33(12-4-3-5-13-33)32(45)34-19-27(41)35-22-8-11-24-26(18-22)47-30(36-24)29-37-25(20-46-29)31(43)44;12-5-1-2-6-8(3-5)18-10(13-6)9-14-7(4-17-9)11(15)16;11-5-1-2-6-7(3-5)16-10(12-6)9-13-8(14)4-15-9/h6-11,18,25H,2-5,12-17,19-20H2,1H3,(H,34,45)(H,35,41)(H,38,42)(H,43,44);1-3,7H,4,12H2,(H,15,16);1-3H,4,11H2/t25-;7-;/m11./s1. The van der Waals surface area contributed by atoms with Crippen molar-refractivity contribution in [1.82, 2.24) is 30.5 Å². The molecule has 12 rings (SSSR count). The highest BCUT2D eigenvalue weighted by atomic mass is 32.2. The number of nitrogens with zero attached hydrogens (tertiary/aromatic N) is 8. The van der Waals surface area contributed by atoms with E-state index in [9.17, 15) is 33.9 Å². The Kier molecular flexibility index (Phi) is 18.0. The lowest BCUT2D eigenvalue weighted by Gasteiger charge is -2.37. The fourth-order valence-electron chi connectivity index (χ4n) is 9.35. The van der Waals surface area contributed by atoms with Gasteiger partial charge in [-0.05, 0) is 98.2 Å². The number of fused-ring (bicyclic) bond motifs is 3. The Hall–Kier alpha value is -7.01. The van der Waals surface area contributed by atoms with Crippen LogP contribution in [0.3, 0.4) is 0 Å². The average Bonchev–Trinajstić information content (AvgIpc) is 4.54. The van der Waals surface area contributed by atoms with Crippen LogP contribution in [0.15, 0.2) is 93.8 Å². The number of likely N-dealkylation sites (N-methyl/N-ethyl adjacent to an activating group) is 1. The van der Waals surface area contributed by atoms with Crippen LogP contribution in [0.2, 0.25) is 0 Å². The molecule has 7 aromatic rings. The van der Waals surface area contributed by atoms with E-state index in [1.807, 2.05) is 54.6 Å². The fourth-order valence-corrected chi connectivity index (χ4v) is 15.4. The summed E-state index contributed by atoms with van der Waals surface area (Å²) in [5, 5.41) is 31.0. The van der Waals surface area contributed by atoms with Crippen molar-refractivity contribution in [1.29, 1.82) is 0 Å². The number of thioether (sulfide) groups is 3. The maximum atomic E-state index is 13.6. The molecule has 0 spiro atoms. The van der Waals surface area contributed by atoms with Crippen molar-refractivity contribution < 1.29 is 39.0 Å². The zero-order chi connectivity index (χ0) is 56.8. The molecule has 1 aliphatic carbocycles. The number of anilines is 4. The first-order valence-electron chi connectivity index (χ1n) is 25.9. The second-order valence-corrected chi connectivity index (χ2v) is 25.4. The molecule has 2 fully saturated rings. The highest BCUT2D eigenvalue weighted by Gasteiger charge is 2.41. The van der Waals surface area contributed by atoms with Crippen molar-refractivity contribution in [2.24, 2.45) is 15.0 Å². The van der Waals surface area contributed by atoms with Gasteiger partial charge >= 0.3 is 11.9 Å². The number of nitrogen functional groups attached to an aromatic ring is 2. The second kappa shape index (κ2) is 25.4. The number of thiazole rings is 3. The van der Waals surface area contributed by atoms with Gasteiger partial charge in [0.25, 0.3) is 11.8 Å². The largest absolute Gasteiger partial charge is 0.480 e. The van der Waals surface area contributed by atoms with E-state index >= 15 is 0 Å². The third-order valence-electron chi connectivity index (χ3n) is 13.7. The van der Waals surface area contributed by atoms with Gasteiger partial charge in [0.2, 0.25) is 11.8 Å². The molecular formula is C54H55N13O8S6. The number of nitrogens with one attached hydrogen (secondary N) is 3. The van der Waals surface area contributed by atoms with Gasteiger partial charge in [-0.15, -0.1) is 57.5 Å². The Labute approximate surface area is 489 Å². The molecule has 27 heteroatoms. The van der Waals surface area contributed by atoms with Crippen LogP contribution in [0.25, 0.3) is 30.6 Å². The van der Waals surface area contributed by atoms with Crippen LogP contribution < -0.4 is 32.3 Å². The molecule has 1 saturated heterocycles. The molecule has 4 aromatic carbocycles. The quantitative estimate of drug-likeness (QED) is 0.0557. The molecule has 7 heterocycles. The number of aromatic nitrogens is 3. The fraction of sp³-hybridized carbons (Fsp3) is 0.333. The van der Waals surface area contributed by atoms with Crippen LogP contribution >= 0.6 is 69.3 Å². The van der Waals surface area contributed by atoms with Crippen molar-refractivity contribution in [3.05, 3.63) is 99.4 Å². The van der Waals surface area contributed by atoms with E-state index in [2.05, 4.69) is 62.6 Å². The minimum atomic E-state index is -1.08. The van der Waals surface area contributed by atoms with Crippen molar-refractivity contribution in [2.45, 2.75) is 56.7 Å². The SMILES string of the molecule is CCN1CCN(c2ccc(C(=O)NC3(C(=O)NCC(=O)Nc4ccc5nc(C6=N[C@@H](C(=O)O)CS6)sc5c4)CCCCC3)cc2)CC1.Nc1ccc2nc(C3=NC(=O)CS3)sc2c1.Nc1ccc2nc(C3=N[C@@H](C(=O)O)CS3)sc2c1. The molecule has 2 atom stereocenters. The zero-order valence-electron chi connectivity index (χ0n) is 43.6. The van der Waals surface area contributed by atoms with E-state index in [1.165, 1.54) is 69.3 Å². The molecule has 3 aromatic heterocycles. The molecule has 9 N–H and O–H groups in total. The van der Waals surface area contributed by atoms with Crippen LogP contribution in [0.5, 0.6) is 0 Å². The first kappa shape index (κ1) is 57.2. The van der Waals surface area contributed by atoms with Gasteiger partial charge in [0.1, 0.15) is 35.7 Å². The van der Waals surface area contributed by atoms with Crippen molar-refractivity contribution in [3.63, 3.8) is 0 Å². The number of carbonyl (C=O) groups is 6.